The van der Waals surface area contributed by atoms with Crippen LogP contribution in [0.15, 0.2) is 52.4 Å². The van der Waals surface area contributed by atoms with Gasteiger partial charge in [0.25, 0.3) is 5.69 Å². The molecule has 2 heterocycles. The molecule has 0 aliphatic rings. The standard InChI is InChI=1S/C19H14N4O4S/c1-11-6-7-12(8-16(11)23(25)26)15-10-28-19(20-15)21-18(24)9-14-13-4-2-3-5-17(13)27-22-14/h2-8,10H,9H2,1H3,(H,20,21,24). The quantitative estimate of drug-likeness (QED) is 0.398. The van der Waals surface area contributed by atoms with E-state index in [0.29, 0.717) is 33.2 Å². The summed E-state index contributed by atoms with van der Waals surface area (Å²) in [6.45, 7) is 1.68. The molecular formula is C19H14N4O4S. The predicted octanol–water partition coefficient (Wildman–Crippen LogP) is 4.35. The average molecular weight is 394 g/mol. The van der Waals surface area contributed by atoms with Gasteiger partial charge in [0.05, 0.1) is 17.0 Å². The van der Waals surface area contributed by atoms with Crippen molar-refractivity contribution in [1.82, 2.24) is 10.1 Å². The van der Waals surface area contributed by atoms with Gasteiger partial charge < -0.3 is 9.84 Å². The number of hydrogen-bond acceptors (Lipinski definition) is 7. The number of carbonyl (C=O) groups excluding carboxylic acids is 1. The largest absolute Gasteiger partial charge is 0.356 e. The molecule has 4 rings (SSSR count). The van der Waals surface area contributed by atoms with Crippen LogP contribution in [-0.2, 0) is 11.2 Å². The molecule has 0 fully saturated rings. The van der Waals surface area contributed by atoms with Crippen molar-refractivity contribution >= 4 is 39.0 Å². The van der Waals surface area contributed by atoms with Gasteiger partial charge in [-0.25, -0.2) is 4.98 Å². The number of anilines is 1. The predicted molar refractivity (Wildman–Crippen MR) is 105 cm³/mol. The Hall–Kier alpha value is -3.59. The molecule has 4 aromatic rings. The first kappa shape index (κ1) is 17.8. The van der Waals surface area contributed by atoms with Gasteiger partial charge in [-0.05, 0) is 19.1 Å². The molecule has 0 aliphatic heterocycles. The first-order valence-corrected chi connectivity index (χ1v) is 9.23. The van der Waals surface area contributed by atoms with Gasteiger partial charge in [-0.1, -0.05) is 29.4 Å². The maximum Gasteiger partial charge on any atom is 0.272 e. The second-order valence-corrected chi connectivity index (χ2v) is 7.00. The lowest BCUT2D eigenvalue weighted by molar-refractivity contribution is -0.385. The van der Waals surface area contributed by atoms with Crippen LogP contribution in [0.25, 0.3) is 22.2 Å². The van der Waals surface area contributed by atoms with Gasteiger partial charge in [0, 0.05) is 28.0 Å². The van der Waals surface area contributed by atoms with Gasteiger partial charge in [-0.2, -0.15) is 0 Å². The van der Waals surface area contributed by atoms with Crippen molar-refractivity contribution < 1.29 is 14.2 Å². The van der Waals surface area contributed by atoms with Crippen LogP contribution in [0.3, 0.4) is 0 Å². The third-order valence-electron chi connectivity index (χ3n) is 4.23. The van der Waals surface area contributed by atoms with Gasteiger partial charge in [-0.3, -0.25) is 14.9 Å². The number of nitro benzene ring substituents is 1. The Balaban J connectivity index is 1.50. The van der Waals surface area contributed by atoms with Crippen LogP contribution in [0.2, 0.25) is 0 Å². The smallest absolute Gasteiger partial charge is 0.272 e. The molecular weight excluding hydrogens is 380 g/mol. The summed E-state index contributed by atoms with van der Waals surface area (Å²) in [5.74, 6) is -0.269. The summed E-state index contributed by atoms with van der Waals surface area (Å²) >= 11 is 1.25. The molecule has 0 atom stereocenters. The van der Waals surface area contributed by atoms with E-state index in [-0.39, 0.29) is 18.0 Å². The van der Waals surface area contributed by atoms with E-state index in [0.717, 1.165) is 5.39 Å². The van der Waals surface area contributed by atoms with Crippen molar-refractivity contribution in [3.8, 4) is 11.3 Å². The zero-order valence-electron chi connectivity index (χ0n) is 14.7. The number of benzene rings is 2. The van der Waals surface area contributed by atoms with Crippen molar-refractivity contribution in [1.29, 1.82) is 0 Å². The fraction of sp³-hybridized carbons (Fsp3) is 0.105. The van der Waals surface area contributed by atoms with Crippen molar-refractivity contribution in [2.75, 3.05) is 5.32 Å². The third kappa shape index (κ3) is 3.47. The molecule has 0 saturated heterocycles. The Labute approximate surface area is 163 Å². The molecule has 9 heteroatoms. The van der Waals surface area contributed by atoms with Crippen LogP contribution >= 0.6 is 11.3 Å². The Morgan fingerprint density at radius 3 is 2.93 bits per heavy atom. The van der Waals surface area contributed by atoms with Crippen LogP contribution < -0.4 is 5.32 Å². The van der Waals surface area contributed by atoms with Crippen molar-refractivity contribution in [2.24, 2.45) is 0 Å². The maximum absolute atomic E-state index is 12.3. The molecule has 0 aliphatic carbocycles. The Morgan fingerprint density at radius 1 is 1.29 bits per heavy atom. The SMILES string of the molecule is Cc1ccc(-c2csc(NC(=O)Cc3noc4ccccc34)n2)cc1[N+](=O)[O-]. The lowest BCUT2D eigenvalue weighted by atomic mass is 10.1. The van der Waals surface area contributed by atoms with Gasteiger partial charge in [-0.15, -0.1) is 11.3 Å². The fourth-order valence-corrected chi connectivity index (χ4v) is 3.55. The minimum Gasteiger partial charge on any atom is -0.356 e. The van der Waals surface area contributed by atoms with Crippen molar-refractivity contribution in [2.45, 2.75) is 13.3 Å². The number of nitrogens with one attached hydrogen (secondary N) is 1. The second-order valence-electron chi connectivity index (χ2n) is 6.15. The Morgan fingerprint density at radius 2 is 2.11 bits per heavy atom. The normalized spacial score (nSPS) is 10.9. The molecule has 140 valence electrons. The summed E-state index contributed by atoms with van der Waals surface area (Å²) in [7, 11) is 0. The summed E-state index contributed by atoms with van der Waals surface area (Å²) in [4.78, 5) is 27.4. The topological polar surface area (TPSA) is 111 Å². The zero-order valence-corrected chi connectivity index (χ0v) is 15.5. The number of aryl methyl sites for hydroxylation is 1. The van der Waals surface area contributed by atoms with E-state index in [1.807, 2.05) is 18.2 Å². The van der Waals surface area contributed by atoms with Gasteiger partial charge in [0.2, 0.25) is 5.91 Å². The summed E-state index contributed by atoms with van der Waals surface area (Å²) in [6, 6.07) is 12.3. The highest BCUT2D eigenvalue weighted by atomic mass is 32.1. The van der Waals surface area contributed by atoms with E-state index in [1.165, 1.54) is 17.4 Å². The molecule has 0 bridgehead atoms. The third-order valence-corrected chi connectivity index (χ3v) is 4.99. The van der Waals surface area contributed by atoms with Gasteiger partial charge in [0.15, 0.2) is 10.7 Å². The highest BCUT2D eigenvalue weighted by Crippen LogP contribution is 2.29. The average Bonchev–Trinajstić information content (AvgIpc) is 3.29. The monoisotopic (exact) mass is 394 g/mol. The number of amides is 1. The minimum absolute atomic E-state index is 0.0361. The van der Waals surface area contributed by atoms with E-state index >= 15 is 0 Å². The van der Waals surface area contributed by atoms with Crippen molar-refractivity contribution in [3.63, 3.8) is 0 Å². The minimum atomic E-state index is -0.421. The second kappa shape index (κ2) is 7.20. The molecule has 1 amide bonds. The number of para-hydroxylation sites is 1. The molecule has 28 heavy (non-hydrogen) atoms. The van der Waals surface area contributed by atoms with Crippen molar-refractivity contribution in [3.05, 3.63) is 69.2 Å². The Bertz CT molecular complexity index is 1200. The molecule has 0 spiro atoms. The highest BCUT2D eigenvalue weighted by Gasteiger charge is 2.16. The van der Waals surface area contributed by atoms with E-state index < -0.39 is 4.92 Å². The molecule has 0 unspecified atom stereocenters. The van der Waals surface area contributed by atoms with E-state index in [2.05, 4.69) is 15.5 Å². The molecule has 1 N–H and O–H groups in total. The summed E-state index contributed by atoms with van der Waals surface area (Å²) in [5, 5.41) is 20.8. The van der Waals surface area contributed by atoms with Crippen LogP contribution in [-0.4, -0.2) is 21.0 Å². The number of nitrogens with zero attached hydrogens (tertiary/aromatic N) is 3. The Kier molecular flexibility index (Phi) is 4.58. The number of carbonyl (C=O) groups is 1. The van der Waals surface area contributed by atoms with E-state index in [1.54, 1.807) is 30.5 Å². The lowest BCUT2D eigenvalue weighted by Crippen LogP contribution is -2.14. The maximum atomic E-state index is 12.3. The molecule has 8 nitrogen and oxygen atoms in total. The molecule has 2 aromatic heterocycles. The number of nitro groups is 1. The number of rotatable bonds is 5. The lowest BCUT2D eigenvalue weighted by Gasteiger charge is -2.01. The van der Waals surface area contributed by atoms with Crippen LogP contribution in [0.4, 0.5) is 10.8 Å². The van der Waals surface area contributed by atoms with Crippen LogP contribution in [0.5, 0.6) is 0 Å². The summed E-state index contributed by atoms with van der Waals surface area (Å²) < 4.78 is 5.20. The number of thiazole rings is 1. The first-order valence-electron chi connectivity index (χ1n) is 8.35. The van der Waals surface area contributed by atoms with Crippen LogP contribution in [0, 0.1) is 17.0 Å². The highest BCUT2D eigenvalue weighted by molar-refractivity contribution is 7.14. The van der Waals surface area contributed by atoms with Gasteiger partial charge in [0.1, 0.15) is 5.69 Å². The molecule has 0 radical (unpaired) electrons. The van der Waals surface area contributed by atoms with E-state index in [4.69, 9.17) is 4.52 Å². The number of fused-ring (bicyclic) bond motifs is 1. The zero-order chi connectivity index (χ0) is 19.7. The van der Waals surface area contributed by atoms with E-state index in [9.17, 15) is 14.9 Å². The van der Waals surface area contributed by atoms with Gasteiger partial charge >= 0.3 is 0 Å². The summed E-state index contributed by atoms with van der Waals surface area (Å²) in [5.41, 5.74) is 2.99. The van der Waals surface area contributed by atoms with Crippen LogP contribution in [0.1, 0.15) is 11.3 Å². The first-order chi connectivity index (χ1) is 13.5. The summed E-state index contributed by atoms with van der Waals surface area (Å²) in [6.07, 6.45) is 0.0575. The molecule has 0 saturated carbocycles. The fourth-order valence-electron chi connectivity index (χ4n) is 2.81. The number of hydrogen-bond donors (Lipinski definition) is 1. The molecule has 2 aromatic carbocycles. The number of aromatic nitrogens is 2.